The number of amides is 1. The Balaban J connectivity index is 1.81. The lowest BCUT2D eigenvalue weighted by atomic mass is 10.1. The summed E-state index contributed by atoms with van der Waals surface area (Å²) in [7, 11) is 1.50. The van der Waals surface area contributed by atoms with E-state index in [4.69, 9.17) is 44.9 Å². The molecule has 1 heterocycles. The van der Waals surface area contributed by atoms with Crippen LogP contribution in [0.5, 0.6) is 11.5 Å². The van der Waals surface area contributed by atoms with E-state index in [2.05, 4.69) is 0 Å². The molecule has 10 heteroatoms. The molecule has 1 aliphatic rings. The second-order valence-electron chi connectivity index (χ2n) is 6.47. The molecule has 0 unspecified atom stereocenters. The standard InChI is InChI=1S/C21H17Cl2NO5S2/c1-11(20(26)27)24-19(25)18(31-21(24)30)9-12-6-7-16(17(8-12)28-2)29-10-13-14(22)4-3-5-15(13)23/h3-9,11H,10H2,1-2H3,(H,26,27)/b18-9-/t11-/m1/s1. The average molecular weight is 498 g/mol. The number of halogens is 2. The summed E-state index contributed by atoms with van der Waals surface area (Å²) in [5.41, 5.74) is 1.33. The second kappa shape index (κ2) is 9.91. The number of hydrogen-bond acceptors (Lipinski definition) is 6. The van der Waals surface area contributed by atoms with Crippen LogP contribution in [0, 0.1) is 0 Å². The van der Waals surface area contributed by atoms with Gasteiger partial charge < -0.3 is 14.6 Å². The van der Waals surface area contributed by atoms with Gasteiger partial charge >= 0.3 is 5.97 Å². The molecule has 6 nitrogen and oxygen atoms in total. The maximum absolute atomic E-state index is 12.6. The number of benzene rings is 2. The Morgan fingerprint density at radius 2 is 1.94 bits per heavy atom. The maximum Gasteiger partial charge on any atom is 0.326 e. The zero-order valence-corrected chi connectivity index (χ0v) is 19.6. The van der Waals surface area contributed by atoms with E-state index in [1.54, 1.807) is 42.5 Å². The van der Waals surface area contributed by atoms with E-state index < -0.39 is 17.9 Å². The van der Waals surface area contributed by atoms with Gasteiger partial charge in [-0.25, -0.2) is 4.79 Å². The third-order valence-electron chi connectivity index (χ3n) is 4.49. The molecule has 1 saturated heterocycles. The highest BCUT2D eigenvalue weighted by Gasteiger charge is 2.38. The van der Waals surface area contributed by atoms with Gasteiger partial charge in [-0.2, -0.15) is 0 Å². The summed E-state index contributed by atoms with van der Waals surface area (Å²) in [5.74, 6) is -0.647. The van der Waals surface area contributed by atoms with Crippen molar-refractivity contribution in [2.24, 2.45) is 0 Å². The van der Waals surface area contributed by atoms with Gasteiger partial charge in [0, 0.05) is 15.6 Å². The highest BCUT2D eigenvalue weighted by Crippen LogP contribution is 2.36. The SMILES string of the molecule is COc1cc(/C=C2\SC(=S)N([C@H](C)C(=O)O)C2=O)ccc1OCc1c(Cl)cccc1Cl. The number of carboxylic acids is 1. The van der Waals surface area contributed by atoms with Crippen LogP contribution in [0.2, 0.25) is 10.0 Å². The van der Waals surface area contributed by atoms with E-state index in [9.17, 15) is 14.7 Å². The van der Waals surface area contributed by atoms with Crippen LogP contribution in [0.4, 0.5) is 0 Å². The van der Waals surface area contributed by atoms with Crippen molar-refractivity contribution < 1.29 is 24.2 Å². The summed E-state index contributed by atoms with van der Waals surface area (Å²) in [4.78, 5) is 25.3. The van der Waals surface area contributed by atoms with Crippen molar-refractivity contribution in [2.45, 2.75) is 19.6 Å². The molecule has 1 atom stereocenters. The Bertz CT molecular complexity index is 1070. The summed E-state index contributed by atoms with van der Waals surface area (Å²) in [5, 5.41) is 10.2. The quantitative estimate of drug-likeness (QED) is 0.413. The number of nitrogens with zero attached hydrogens (tertiary/aromatic N) is 1. The third kappa shape index (κ3) is 5.15. The molecule has 2 aromatic rings. The van der Waals surface area contributed by atoms with Crippen molar-refractivity contribution in [3.8, 4) is 11.5 Å². The van der Waals surface area contributed by atoms with E-state index in [-0.39, 0.29) is 10.9 Å². The molecule has 1 aliphatic heterocycles. The molecule has 2 aromatic carbocycles. The fourth-order valence-electron chi connectivity index (χ4n) is 2.79. The van der Waals surface area contributed by atoms with Crippen LogP contribution in [0.15, 0.2) is 41.3 Å². The van der Waals surface area contributed by atoms with Gasteiger partial charge in [-0.15, -0.1) is 0 Å². The minimum absolute atomic E-state index is 0.153. The number of rotatable bonds is 7. The first-order valence-corrected chi connectivity index (χ1v) is 10.9. The maximum atomic E-state index is 12.6. The van der Waals surface area contributed by atoms with Crippen molar-refractivity contribution in [3.05, 3.63) is 62.5 Å². The predicted molar refractivity (Wildman–Crippen MR) is 126 cm³/mol. The lowest BCUT2D eigenvalue weighted by molar-refractivity contribution is -0.144. The molecule has 3 rings (SSSR count). The summed E-state index contributed by atoms with van der Waals surface area (Å²) in [6, 6.07) is 9.33. The summed E-state index contributed by atoms with van der Waals surface area (Å²) in [6.45, 7) is 1.57. The van der Waals surface area contributed by atoms with Crippen LogP contribution in [-0.4, -0.2) is 39.4 Å². The first-order valence-electron chi connectivity index (χ1n) is 8.96. The molecule has 0 saturated carbocycles. The molecule has 1 fully saturated rings. The fourth-order valence-corrected chi connectivity index (χ4v) is 4.71. The average Bonchev–Trinajstić information content (AvgIpc) is 3.00. The first kappa shape index (κ1) is 23.4. The van der Waals surface area contributed by atoms with E-state index in [0.717, 1.165) is 16.7 Å². The Hall–Kier alpha value is -2.26. The molecule has 31 heavy (non-hydrogen) atoms. The van der Waals surface area contributed by atoms with Crippen molar-refractivity contribution in [2.75, 3.05) is 7.11 Å². The molecule has 0 aliphatic carbocycles. The van der Waals surface area contributed by atoms with Crippen LogP contribution in [0.1, 0.15) is 18.1 Å². The van der Waals surface area contributed by atoms with Gasteiger partial charge in [0.2, 0.25) is 0 Å². The summed E-state index contributed by atoms with van der Waals surface area (Å²) in [6.07, 6.45) is 1.63. The lowest BCUT2D eigenvalue weighted by Gasteiger charge is -2.18. The van der Waals surface area contributed by atoms with E-state index in [0.29, 0.717) is 37.6 Å². The highest BCUT2D eigenvalue weighted by atomic mass is 35.5. The van der Waals surface area contributed by atoms with Crippen LogP contribution < -0.4 is 9.47 Å². The van der Waals surface area contributed by atoms with Gasteiger partial charge in [-0.3, -0.25) is 9.69 Å². The Morgan fingerprint density at radius 3 is 2.55 bits per heavy atom. The predicted octanol–water partition coefficient (Wildman–Crippen LogP) is 5.26. The Kier molecular flexibility index (Phi) is 7.48. The second-order valence-corrected chi connectivity index (χ2v) is 8.96. The van der Waals surface area contributed by atoms with Gasteiger partial charge in [0.05, 0.1) is 12.0 Å². The Morgan fingerprint density at radius 1 is 1.26 bits per heavy atom. The number of carbonyl (C=O) groups excluding carboxylic acids is 1. The largest absolute Gasteiger partial charge is 0.493 e. The number of carboxylic acid groups (broad SMARTS) is 1. The zero-order chi connectivity index (χ0) is 22.7. The Labute approximate surface area is 198 Å². The molecule has 0 spiro atoms. The first-order chi connectivity index (χ1) is 14.7. The number of ether oxygens (including phenoxy) is 2. The van der Waals surface area contributed by atoms with Gasteiger partial charge in [-0.1, -0.05) is 59.3 Å². The van der Waals surface area contributed by atoms with Crippen LogP contribution in [-0.2, 0) is 16.2 Å². The van der Waals surface area contributed by atoms with Crippen molar-refractivity contribution >= 4 is 69.5 Å². The monoisotopic (exact) mass is 497 g/mol. The number of thiocarbonyl (C=S) groups is 1. The van der Waals surface area contributed by atoms with Crippen molar-refractivity contribution in [1.29, 1.82) is 0 Å². The van der Waals surface area contributed by atoms with E-state index >= 15 is 0 Å². The summed E-state index contributed by atoms with van der Waals surface area (Å²) >= 11 is 18.6. The minimum atomic E-state index is -1.13. The highest BCUT2D eigenvalue weighted by molar-refractivity contribution is 8.26. The normalized spacial score (nSPS) is 16.0. The van der Waals surface area contributed by atoms with Crippen LogP contribution in [0.25, 0.3) is 6.08 Å². The van der Waals surface area contributed by atoms with Crippen LogP contribution in [0.3, 0.4) is 0 Å². The molecule has 0 bridgehead atoms. The minimum Gasteiger partial charge on any atom is -0.493 e. The molecule has 0 radical (unpaired) electrons. The molecule has 1 N–H and O–H groups in total. The van der Waals surface area contributed by atoms with Crippen molar-refractivity contribution in [1.82, 2.24) is 4.90 Å². The number of carbonyl (C=O) groups is 2. The molecule has 162 valence electrons. The van der Waals surface area contributed by atoms with E-state index in [1.807, 2.05) is 0 Å². The number of thioether (sulfide) groups is 1. The van der Waals surface area contributed by atoms with Gasteiger partial charge in [0.15, 0.2) is 11.5 Å². The third-order valence-corrected chi connectivity index (χ3v) is 6.53. The van der Waals surface area contributed by atoms with Gasteiger partial charge in [-0.05, 0) is 42.8 Å². The van der Waals surface area contributed by atoms with Gasteiger partial charge in [0.25, 0.3) is 5.91 Å². The fraction of sp³-hybridized carbons (Fsp3) is 0.190. The number of hydrogen-bond donors (Lipinski definition) is 1. The number of aliphatic carboxylic acids is 1. The molecule has 1 amide bonds. The van der Waals surface area contributed by atoms with E-state index in [1.165, 1.54) is 14.0 Å². The van der Waals surface area contributed by atoms with Gasteiger partial charge in [0.1, 0.15) is 17.0 Å². The zero-order valence-electron chi connectivity index (χ0n) is 16.4. The van der Waals surface area contributed by atoms with Crippen molar-refractivity contribution in [3.63, 3.8) is 0 Å². The van der Waals surface area contributed by atoms with Crippen LogP contribution >= 0.6 is 47.2 Å². The topological polar surface area (TPSA) is 76.1 Å². The lowest BCUT2D eigenvalue weighted by Crippen LogP contribution is -2.41. The molecule has 0 aromatic heterocycles. The molecular weight excluding hydrogens is 481 g/mol. The summed E-state index contributed by atoms with van der Waals surface area (Å²) < 4.78 is 11.4. The smallest absolute Gasteiger partial charge is 0.326 e. The molecular formula is C21H17Cl2NO5S2. The number of methoxy groups -OCH3 is 1.